The predicted octanol–water partition coefficient (Wildman–Crippen LogP) is 3.18. The van der Waals surface area contributed by atoms with Crippen molar-refractivity contribution in [2.45, 2.75) is 33.1 Å². The van der Waals surface area contributed by atoms with Crippen LogP contribution in [0.15, 0.2) is 0 Å². The molecule has 0 aliphatic heterocycles. The molecule has 0 heterocycles. The Hall–Kier alpha value is 0. The maximum atomic E-state index is 2.61. The minimum Gasteiger partial charge on any atom is -0.0619 e. The van der Waals surface area contributed by atoms with Crippen LogP contribution in [0.1, 0.15) is 33.1 Å². The van der Waals surface area contributed by atoms with Gasteiger partial charge in [0.15, 0.2) is 0 Å². The number of hydrogen-bond donors (Lipinski definition) is 0. The standard InChI is InChI=1S/C14H20/c1-6-7-3-8(7)13-9-4-10(12(6)13)14(2)5-11(9)14/h6-13H,3-5H2,1-2H3. The average Bonchev–Trinajstić information content (AvgIpc) is 2.99. The van der Waals surface area contributed by atoms with E-state index in [0.29, 0.717) is 0 Å². The highest BCUT2D eigenvalue weighted by molar-refractivity contribution is 5.25. The van der Waals surface area contributed by atoms with Gasteiger partial charge in [0.2, 0.25) is 0 Å². The Labute approximate surface area is 86.5 Å². The first-order valence-electron chi connectivity index (χ1n) is 6.72. The van der Waals surface area contributed by atoms with E-state index >= 15 is 0 Å². The summed E-state index contributed by atoms with van der Waals surface area (Å²) < 4.78 is 0. The van der Waals surface area contributed by atoms with Gasteiger partial charge in [0.25, 0.3) is 0 Å². The summed E-state index contributed by atoms with van der Waals surface area (Å²) in [4.78, 5) is 0. The Morgan fingerprint density at radius 2 is 1.79 bits per heavy atom. The minimum atomic E-state index is 0.858. The minimum absolute atomic E-state index is 0.858. The van der Waals surface area contributed by atoms with E-state index in [9.17, 15) is 0 Å². The maximum absolute atomic E-state index is 2.61. The van der Waals surface area contributed by atoms with Gasteiger partial charge in [-0.2, -0.15) is 0 Å². The molecule has 0 nitrogen and oxygen atoms in total. The summed E-state index contributed by atoms with van der Waals surface area (Å²) in [6, 6.07) is 0. The molecule has 0 amide bonds. The smallest absolute Gasteiger partial charge is 0.0260 e. The van der Waals surface area contributed by atoms with E-state index in [2.05, 4.69) is 13.8 Å². The number of hydrogen-bond acceptors (Lipinski definition) is 0. The normalized spacial score (nSPS) is 81.0. The lowest BCUT2D eigenvalue weighted by molar-refractivity contribution is 0.132. The molecule has 0 aromatic rings. The third-order valence-corrected chi connectivity index (χ3v) is 7.31. The molecule has 5 saturated carbocycles. The molecule has 9 unspecified atom stereocenters. The fourth-order valence-corrected chi connectivity index (χ4v) is 6.67. The first kappa shape index (κ1) is 7.30. The molecule has 0 aromatic heterocycles. The van der Waals surface area contributed by atoms with Crippen LogP contribution in [0.25, 0.3) is 0 Å². The lowest BCUT2D eigenvalue weighted by Crippen LogP contribution is -2.30. The molecule has 76 valence electrons. The van der Waals surface area contributed by atoms with Crippen LogP contribution in [0.3, 0.4) is 0 Å². The van der Waals surface area contributed by atoms with Crippen LogP contribution in [0.2, 0.25) is 0 Å². The van der Waals surface area contributed by atoms with Crippen molar-refractivity contribution in [1.82, 2.24) is 0 Å². The van der Waals surface area contributed by atoms with Gasteiger partial charge in [-0.15, -0.1) is 0 Å². The Balaban J connectivity index is 1.65. The molecule has 2 bridgehead atoms. The molecule has 0 aromatic carbocycles. The molecule has 5 aliphatic rings. The van der Waals surface area contributed by atoms with Crippen LogP contribution in [0.4, 0.5) is 0 Å². The van der Waals surface area contributed by atoms with Gasteiger partial charge in [-0.1, -0.05) is 13.8 Å². The van der Waals surface area contributed by atoms with Gasteiger partial charge in [0.1, 0.15) is 0 Å². The van der Waals surface area contributed by atoms with Gasteiger partial charge in [-0.25, -0.2) is 0 Å². The van der Waals surface area contributed by atoms with Gasteiger partial charge >= 0.3 is 0 Å². The molecule has 0 spiro atoms. The van der Waals surface area contributed by atoms with Crippen molar-refractivity contribution < 1.29 is 0 Å². The van der Waals surface area contributed by atoms with E-state index < -0.39 is 0 Å². The summed E-state index contributed by atoms with van der Waals surface area (Å²) in [6.45, 7) is 5.19. The quantitative estimate of drug-likeness (QED) is 0.547. The van der Waals surface area contributed by atoms with Crippen LogP contribution in [0.5, 0.6) is 0 Å². The van der Waals surface area contributed by atoms with Crippen molar-refractivity contribution >= 4 is 0 Å². The first-order valence-corrected chi connectivity index (χ1v) is 6.72. The van der Waals surface area contributed by atoms with Crippen molar-refractivity contribution in [2.24, 2.45) is 52.8 Å². The third kappa shape index (κ3) is 0.517. The molecule has 5 aliphatic carbocycles. The molecule has 0 N–H and O–H groups in total. The summed E-state index contributed by atoms with van der Waals surface area (Å²) in [5.41, 5.74) is 0.858. The number of rotatable bonds is 0. The van der Waals surface area contributed by atoms with Crippen molar-refractivity contribution in [1.29, 1.82) is 0 Å². The zero-order valence-corrected chi connectivity index (χ0v) is 9.24. The predicted molar refractivity (Wildman–Crippen MR) is 55.6 cm³/mol. The zero-order chi connectivity index (χ0) is 9.24. The van der Waals surface area contributed by atoms with E-state index in [1.54, 1.807) is 19.3 Å². The van der Waals surface area contributed by atoms with E-state index in [1.807, 2.05) is 0 Å². The lowest BCUT2D eigenvalue weighted by atomic mass is 9.71. The van der Waals surface area contributed by atoms with Gasteiger partial charge in [-0.3, -0.25) is 0 Å². The number of fused-ring (bicyclic) bond motifs is 10. The average molecular weight is 188 g/mol. The Morgan fingerprint density at radius 1 is 0.929 bits per heavy atom. The molecule has 5 rings (SSSR count). The topological polar surface area (TPSA) is 0 Å². The van der Waals surface area contributed by atoms with Gasteiger partial charge in [0, 0.05) is 0 Å². The summed E-state index contributed by atoms with van der Waals surface area (Å²) in [5, 5.41) is 0. The highest BCUT2D eigenvalue weighted by Gasteiger charge is 2.77. The molecule has 9 atom stereocenters. The van der Waals surface area contributed by atoms with E-state index in [1.165, 1.54) is 41.4 Å². The van der Waals surface area contributed by atoms with Crippen LogP contribution >= 0.6 is 0 Å². The summed E-state index contributed by atoms with van der Waals surface area (Å²) in [7, 11) is 0. The molecule has 5 fully saturated rings. The second kappa shape index (κ2) is 1.72. The molecule has 14 heavy (non-hydrogen) atoms. The highest BCUT2D eigenvalue weighted by atomic mass is 14.8. The first-order chi connectivity index (χ1) is 6.72. The van der Waals surface area contributed by atoms with Gasteiger partial charge in [-0.05, 0) is 72.0 Å². The molecule has 0 heteroatoms. The van der Waals surface area contributed by atoms with Crippen molar-refractivity contribution in [2.75, 3.05) is 0 Å². The Bertz CT molecular complexity index is 331. The maximum Gasteiger partial charge on any atom is -0.0260 e. The Kier molecular flexibility index (Phi) is 0.897. The van der Waals surface area contributed by atoms with E-state index in [-0.39, 0.29) is 0 Å². The summed E-state index contributed by atoms with van der Waals surface area (Å²) in [6.07, 6.45) is 4.87. The highest BCUT2D eigenvalue weighted by Crippen LogP contribution is 2.84. The zero-order valence-electron chi connectivity index (χ0n) is 9.24. The van der Waals surface area contributed by atoms with Crippen LogP contribution < -0.4 is 0 Å². The summed E-state index contributed by atoms with van der Waals surface area (Å²) in [5.74, 6) is 9.50. The fraction of sp³-hybridized carbons (Fsp3) is 1.00. The molecule has 0 saturated heterocycles. The molecular formula is C14H20. The van der Waals surface area contributed by atoms with Crippen LogP contribution in [0, 0.1) is 52.8 Å². The SMILES string of the molecule is CC1C2CC2C2C3CC(C12)C1(C)CC31. The molecule has 0 radical (unpaired) electrons. The van der Waals surface area contributed by atoms with Crippen LogP contribution in [-0.2, 0) is 0 Å². The van der Waals surface area contributed by atoms with E-state index in [4.69, 9.17) is 0 Å². The largest absolute Gasteiger partial charge is 0.0619 e. The van der Waals surface area contributed by atoms with E-state index in [0.717, 1.165) is 11.3 Å². The van der Waals surface area contributed by atoms with Crippen molar-refractivity contribution in [3.63, 3.8) is 0 Å². The second-order valence-electron chi connectivity index (χ2n) is 7.40. The second-order valence-corrected chi connectivity index (χ2v) is 7.40. The van der Waals surface area contributed by atoms with Crippen LogP contribution in [-0.4, -0.2) is 0 Å². The third-order valence-electron chi connectivity index (χ3n) is 7.31. The summed E-state index contributed by atoms with van der Waals surface area (Å²) >= 11 is 0. The lowest BCUT2D eigenvalue weighted by Gasteiger charge is -2.34. The van der Waals surface area contributed by atoms with Crippen molar-refractivity contribution in [3.8, 4) is 0 Å². The molecular weight excluding hydrogens is 168 g/mol. The monoisotopic (exact) mass is 188 g/mol. The van der Waals surface area contributed by atoms with Gasteiger partial charge < -0.3 is 0 Å². The Morgan fingerprint density at radius 3 is 2.64 bits per heavy atom. The fourth-order valence-electron chi connectivity index (χ4n) is 6.67. The van der Waals surface area contributed by atoms with Gasteiger partial charge in [0.05, 0.1) is 0 Å². The van der Waals surface area contributed by atoms with Crippen molar-refractivity contribution in [3.05, 3.63) is 0 Å².